The molecule has 0 saturated carbocycles. The molecule has 1 aliphatic heterocycles. The summed E-state index contributed by atoms with van der Waals surface area (Å²) in [5, 5.41) is 3.98. The molecule has 18 heavy (non-hydrogen) atoms. The van der Waals surface area contributed by atoms with Crippen molar-refractivity contribution in [2.24, 2.45) is 0 Å². The second-order valence-electron chi connectivity index (χ2n) is 4.48. The highest BCUT2D eigenvalue weighted by Crippen LogP contribution is 2.35. The summed E-state index contributed by atoms with van der Waals surface area (Å²) < 4.78 is 5.75. The number of aryl methyl sites for hydroxylation is 1. The monoisotopic (exact) mass is 261 g/mol. The number of benzene rings is 1. The molecule has 0 saturated heterocycles. The summed E-state index contributed by atoms with van der Waals surface area (Å²) in [6.07, 6.45) is 0.208. The summed E-state index contributed by atoms with van der Waals surface area (Å²) in [5.41, 5.74) is 8.80. The van der Waals surface area contributed by atoms with Gasteiger partial charge in [0, 0.05) is 10.4 Å². The highest BCUT2D eigenvalue weighted by molar-refractivity contribution is 7.15. The standard InChI is InChI=1S/C13H15N3OS/c1-7-6-15-10-5-9(3-4-11(10)17-7)12-8(2)18-13(14)16-12/h3-5,7,15H,6H2,1-2H3,(H2,14,16). The Balaban J connectivity index is 2.02. The van der Waals surface area contributed by atoms with Gasteiger partial charge in [-0.1, -0.05) is 0 Å². The van der Waals surface area contributed by atoms with Crippen LogP contribution in [-0.2, 0) is 0 Å². The van der Waals surface area contributed by atoms with E-state index in [0.717, 1.165) is 34.1 Å². The number of nitrogen functional groups attached to an aromatic ring is 1. The first-order valence-electron chi connectivity index (χ1n) is 5.91. The second-order valence-corrected chi connectivity index (χ2v) is 5.71. The van der Waals surface area contributed by atoms with Crippen LogP contribution in [-0.4, -0.2) is 17.6 Å². The molecule has 1 aromatic heterocycles. The number of nitrogens with one attached hydrogen (secondary N) is 1. The number of nitrogens with zero attached hydrogens (tertiary/aromatic N) is 1. The third kappa shape index (κ3) is 1.90. The minimum atomic E-state index is 0.208. The van der Waals surface area contributed by atoms with E-state index in [1.54, 1.807) is 0 Å². The van der Waals surface area contributed by atoms with Gasteiger partial charge in [0.2, 0.25) is 0 Å². The number of nitrogens with two attached hydrogens (primary N) is 1. The fourth-order valence-corrected chi connectivity index (χ4v) is 2.83. The lowest BCUT2D eigenvalue weighted by molar-refractivity contribution is 0.226. The molecule has 0 amide bonds. The fourth-order valence-electron chi connectivity index (χ4n) is 2.12. The average molecular weight is 261 g/mol. The van der Waals surface area contributed by atoms with Gasteiger partial charge in [0.05, 0.1) is 17.9 Å². The zero-order chi connectivity index (χ0) is 12.7. The number of anilines is 2. The van der Waals surface area contributed by atoms with E-state index in [2.05, 4.69) is 23.3 Å². The largest absolute Gasteiger partial charge is 0.487 e. The molecule has 94 valence electrons. The van der Waals surface area contributed by atoms with Gasteiger partial charge >= 0.3 is 0 Å². The van der Waals surface area contributed by atoms with Crippen LogP contribution in [0.4, 0.5) is 10.8 Å². The molecule has 1 atom stereocenters. The van der Waals surface area contributed by atoms with Crippen LogP contribution in [0.3, 0.4) is 0 Å². The molecule has 1 unspecified atom stereocenters. The number of rotatable bonds is 1. The highest BCUT2D eigenvalue weighted by atomic mass is 32.1. The van der Waals surface area contributed by atoms with Gasteiger partial charge in [0.1, 0.15) is 11.9 Å². The Hall–Kier alpha value is -1.75. The number of thiazole rings is 1. The predicted molar refractivity (Wildman–Crippen MR) is 75.3 cm³/mol. The van der Waals surface area contributed by atoms with Crippen molar-refractivity contribution in [1.29, 1.82) is 0 Å². The van der Waals surface area contributed by atoms with Crippen molar-refractivity contribution in [3.63, 3.8) is 0 Å². The zero-order valence-electron chi connectivity index (χ0n) is 10.4. The molecule has 0 spiro atoms. The van der Waals surface area contributed by atoms with E-state index in [1.165, 1.54) is 11.3 Å². The molecule has 0 fully saturated rings. The van der Waals surface area contributed by atoms with Gasteiger partial charge < -0.3 is 15.8 Å². The summed E-state index contributed by atoms with van der Waals surface area (Å²) in [5.74, 6) is 0.901. The van der Waals surface area contributed by atoms with E-state index < -0.39 is 0 Å². The van der Waals surface area contributed by atoms with E-state index in [1.807, 2.05) is 19.1 Å². The molecule has 5 heteroatoms. The maximum atomic E-state index is 5.75. The van der Waals surface area contributed by atoms with Crippen molar-refractivity contribution < 1.29 is 4.74 Å². The van der Waals surface area contributed by atoms with Crippen LogP contribution in [0.1, 0.15) is 11.8 Å². The van der Waals surface area contributed by atoms with E-state index >= 15 is 0 Å². The lowest BCUT2D eigenvalue weighted by Gasteiger charge is -2.25. The van der Waals surface area contributed by atoms with Crippen LogP contribution < -0.4 is 15.8 Å². The van der Waals surface area contributed by atoms with Gasteiger partial charge in [0.25, 0.3) is 0 Å². The lowest BCUT2D eigenvalue weighted by atomic mass is 10.1. The van der Waals surface area contributed by atoms with Crippen molar-refractivity contribution in [2.45, 2.75) is 20.0 Å². The van der Waals surface area contributed by atoms with Crippen molar-refractivity contribution >= 4 is 22.2 Å². The molecular weight excluding hydrogens is 246 g/mol. The van der Waals surface area contributed by atoms with Gasteiger partial charge in [0.15, 0.2) is 5.13 Å². The number of hydrogen-bond acceptors (Lipinski definition) is 5. The molecule has 4 nitrogen and oxygen atoms in total. The maximum Gasteiger partial charge on any atom is 0.180 e. The van der Waals surface area contributed by atoms with Crippen LogP contribution >= 0.6 is 11.3 Å². The minimum absolute atomic E-state index is 0.208. The van der Waals surface area contributed by atoms with Crippen LogP contribution in [0.5, 0.6) is 5.75 Å². The van der Waals surface area contributed by atoms with E-state index in [4.69, 9.17) is 10.5 Å². The van der Waals surface area contributed by atoms with Crippen LogP contribution in [0, 0.1) is 6.92 Å². The minimum Gasteiger partial charge on any atom is -0.487 e. The summed E-state index contributed by atoms with van der Waals surface area (Å²) in [6.45, 7) is 4.92. The highest BCUT2D eigenvalue weighted by Gasteiger charge is 2.17. The van der Waals surface area contributed by atoms with Gasteiger partial charge in [-0.2, -0.15) is 0 Å². The van der Waals surface area contributed by atoms with E-state index in [-0.39, 0.29) is 6.10 Å². The van der Waals surface area contributed by atoms with Gasteiger partial charge in [-0.05, 0) is 32.0 Å². The Bertz CT molecular complexity index is 594. The Labute approximate surface area is 110 Å². The number of aromatic nitrogens is 1. The molecule has 2 heterocycles. The first-order valence-corrected chi connectivity index (χ1v) is 6.73. The second kappa shape index (κ2) is 4.17. The SMILES string of the molecule is Cc1sc(N)nc1-c1ccc2c(c1)NCC(C)O2. The molecule has 1 aromatic carbocycles. The first-order chi connectivity index (χ1) is 8.63. The van der Waals surface area contributed by atoms with Gasteiger partial charge in [-0.3, -0.25) is 0 Å². The van der Waals surface area contributed by atoms with Crippen LogP contribution in [0.2, 0.25) is 0 Å². The summed E-state index contributed by atoms with van der Waals surface area (Å²) in [6, 6.07) is 6.09. The Kier molecular flexibility index (Phi) is 2.63. The normalized spacial score (nSPS) is 17.8. The summed E-state index contributed by atoms with van der Waals surface area (Å²) in [7, 11) is 0. The van der Waals surface area contributed by atoms with E-state index in [9.17, 15) is 0 Å². The van der Waals surface area contributed by atoms with Crippen molar-refractivity contribution in [3.05, 3.63) is 23.1 Å². The molecule has 0 radical (unpaired) electrons. The number of ether oxygens (including phenoxy) is 1. The average Bonchev–Trinajstić information content (AvgIpc) is 2.68. The van der Waals surface area contributed by atoms with Crippen molar-refractivity contribution in [2.75, 3.05) is 17.6 Å². The van der Waals surface area contributed by atoms with Crippen molar-refractivity contribution in [3.8, 4) is 17.0 Å². The maximum absolute atomic E-state index is 5.75. The van der Waals surface area contributed by atoms with Crippen molar-refractivity contribution in [1.82, 2.24) is 4.98 Å². The van der Waals surface area contributed by atoms with E-state index in [0.29, 0.717) is 5.13 Å². The number of fused-ring (bicyclic) bond motifs is 1. The zero-order valence-corrected chi connectivity index (χ0v) is 11.2. The number of hydrogen-bond donors (Lipinski definition) is 2. The summed E-state index contributed by atoms with van der Waals surface area (Å²) in [4.78, 5) is 5.51. The Morgan fingerprint density at radius 1 is 1.50 bits per heavy atom. The third-order valence-electron chi connectivity index (χ3n) is 2.97. The Morgan fingerprint density at radius 3 is 3.06 bits per heavy atom. The molecule has 3 rings (SSSR count). The molecule has 0 aliphatic carbocycles. The fraction of sp³-hybridized carbons (Fsp3) is 0.308. The smallest absolute Gasteiger partial charge is 0.180 e. The quantitative estimate of drug-likeness (QED) is 0.828. The molecular formula is C13H15N3OS. The molecule has 3 N–H and O–H groups in total. The summed E-state index contributed by atoms with van der Waals surface area (Å²) >= 11 is 1.52. The van der Waals surface area contributed by atoms with Gasteiger partial charge in [-0.15, -0.1) is 11.3 Å². The molecule has 2 aromatic rings. The molecule has 1 aliphatic rings. The molecule has 0 bridgehead atoms. The van der Waals surface area contributed by atoms with Crippen LogP contribution in [0.25, 0.3) is 11.3 Å². The third-order valence-corrected chi connectivity index (χ3v) is 3.77. The lowest BCUT2D eigenvalue weighted by Crippen LogP contribution is -2.27. The Morgan fingerprint density at radius 2 is 2.33 bits per heavy atom. The topological polar surface area (TPSA) is 60.2 Å². The first kappa shape index (κ1) is 11.3. The van der Waals surface area contributed by atoms with Gasteiger partial charge in [-0.25, -0.2) is 4.98 Å². The van der Waals surface area contributed by atoms with Crippen LogP contribution in [0.15, 0.2) is 18.2 Å². The predicted octanol–water partition coefficient (Wildman–Crippen LogP) is 2.89.